The lowest BCUT2D eigenvalue weighted by molar-refractivity contribution is -0.123. The van der Waals surface area contributed by atoms with E-state index in [1.807, 2.05) is 121 Å². The molecule has 6 aromatic carbocycles. The van der Waals surface area contributed by atoms with Gasteiger partial charge >= 0.3 is 6.03 Å². The quantitative estimate of drug-likeness (QED) is 0.0470. The molecule has 7 N–H and O–H groups in total. The fourth-order valence-electron chi connectivity index (χ4n) is 19.5. The smallest absolute Gasteiger partial charge is 0.333 e. The summed E-state index contributed by atoms with van der Waals surface area (Å²) in [4.78, 5) is 31.5. The van der Waals surface area contributed by atoms with Crippen LogP contribution in [0.25, 0.3) is 0 Å². The lowest BCUT2D eigenvalue weighted by Crippen LogP contribution is -2.44. The number of likely N-dealkylation sites (tertiary alicyclic amines) is 3. The number of aromatic nitrogens is 8. The summed E-state index contributed by atoms with van der Waals surface area (Å²) in [5.74, 6) is 0.794. The zero-order valence-electron chi connectivity index (χ0n) is 72.8. The number of hydrogen-bond donors (Lipinski definition) is 5. The molecule has 0 spiro atoms. The van der Waals surface area contributed by atoms with Crippen LogP contribution in [-0.4, -0.2) is 205 Å². The summed E-state index contributed by atoms with van der Waals surface area (Å²) >= 11 is 0. The van der Waals surface area contributed by atoms with Crippen LogP contribution in [0.2, 0.25) is 0 Å². The average Bonchev–Trinajstić information content (AvgIpc) is 1.63. The molecule has 32 nitrogen and oxygen atoms in total. The maximum absolute atomic E-state index is 13.8. The highest BCUT2D eigenvalue weighted by Gasteiger charge is 2.40. The lowest BCUT2D eigenvalue weighted by Gasteiger charge is -2.31. The molecule has 0 saturated carbocycles. The number of nitrogen functional groups attached to an aromatic ring is 1. The van der Waals surface area contributed by atoms with Crippen molar-refractivity contribution in [3.8, 4) is 23.5 Å². The first kappa shape index (κ1) is 90.6. The Morgan fingerprint density at radius 1 is 0.419 bits per heavy atom. The maximum atomic E-state index is 13.8. The summed E-state index contributed by atoms with van der Waals surface area (Å²) in [6.07, 6.45) is 28.7. The Hall–Kier alpha value is -10.4. The standard InChI is InChI=1S/C24H28N4O3S.C23H29N5O4S.C20H19N3O4S.C12H15N.C10H16N4O3S.C4H9N/c29-32(30,23-15-25-28-18-22(19-31-24(23)28)26-13-7-8-14-26)27(16-20-9-3-1-4-10-20)17-21-11-5-2-6-12-21;29-23(25-21-18-7-3-5-15(18)11-16-6-4-8-19(16)21)26-33(30,31)20-12-24-28-13-17(14-32-22(20)28)27-9-1-2-10-27;24-18-14-23-20(27-15-18)19(11-21-23)28(25,26)22(12-16-7-3-1-4-8-16)13-17-9-5-2-6-10-17;13-12-10-5-1-3-8(10)7-9-4-2-6-11(9)12;11-18(15,16)9-5-12-14-6-8(7-17-10(9)14)13-3-1-2-4-13;1-2-4-5-3-1/h1-6,9-12,15,22H,7-8,13-14,16-19H2;11-12,17H,1-10,13-14H2,(H2,25,26,29);1-11H,12-15H2;7H,1-6,13H2;5,8H,1-4,6-7H2,(H2,11,15,16);5H,1-4H2. The van der Waals surface area contributed by atoms with Crippen molar-refractivity contribution in [3.05, 3.63) is 225 Å². The molecule has 36 heteroatoms. The van der Waals surface area contributed by atoms with Gasteiger partial charge in [0.15, 0.2) is 32.0 Å². The Labute approximate surface area is 755 Å². The van der Waals surface area contributed by atoms with Gasteiger partial charge in [0.2, 0.25) is 33.5 Å². The molecule has 10 aromatic rings. The van der Waals surface area contributed by atoms with Crippen LogP contribution < -0.4 is 45.2 Å². The second-order valence-corrected chi connectivity index (χ2v) is 42.0. The van der Waals surface area contributed by atoms with Crippen LogP contribution in [0.15, 0.2) is 178 Å². The molecule has 8 aliphatic heterocycles. The van der Waals surface area contributed by atoms with Crippen molar-refractivity contribution in [2.75, 3.05) is 89.8 Å². The zero-order valence-corrected chi connectivity index (χ0v) is 76.1. The van der Waals surface area contributed by atoms with Crippen molar-refractivity contribution in [2.45, 2.75) is 218 Å². The van der Waals surface area contributed by atoms with Gasteiger partial charge in [-0.15, -0.1) is 0 Å². The van der Waals surface area contributed by atoms with Gasteiger partial charge in [-0.1, -0.05) is 133 Å². The number of sulfonamides is 4. The van der Waals surface area contributed by atoms with E-state index in [9.17, 15) is 43.3 Å². The molecule has 12 aliphatic rings. The van der Waals surface area contributed by atoms with Gasteiger partial charge in [0.1, 0.15) is 26.4 Å². The van der Waals surface area contributed by atoms with Gasteiger partial charge in [-0.05, 0) is 248 Å². The number of fused-ring (bicyclic) bond motifs is 8. The Kier molecular flexibility index (Phi) is 28.5. The number of primary sulfonamides is 1. The van der Waals surface area contributed by atoms with E-state index in [0.717, 1.165) is 123 Å². The van der Waals surface area contributed by atoms with Gasteiger partial charge in [-0.3, -0.25) is 19.5 Å². The minimum atomic E-state index is -4.13. The van der Waals surface area contributed by atoms with Gasteiger partial charge < -0.3 is 35.3 Å². The first-order valence-corrected chi connectivity index (χ1v) is 51.3. The largest absolute Gasteiger partial charge is 0.475 e. The van der Waals surface area contributed by atoms with E-state index in [1.54, 1.807) is 14.0 Å². The third kappa shape index (κ3) is 21.2. The van der Waals surface area contributed by atoms with E-state index in [-0.39, 0.29) is 100 Å². The van der Waals surface area contributed by atoms with E-state index in [0.29, 0.717) is 45.3 Å². The van der Waals surface area contributed by atoms with Crippen molar-refractivity contribution < 1.29 is 62.2 Å². The number of benzene rings is 6. The van der Waals surface area contributed by atoms with Gasteiger partial charge in [-0.2, -0.15) is 29.0 Å². The van der Waals surface area contributed by atoms with Crippen LogP contribution in [-0.2, 0) is 149 Å². The summed E-state index contributed by atoms with van der Waals surface area (Å²) in [5, 5.41) is 27.9. The average molecular weight is 1840 g/mol. The van der Waals surface area contributed by atoms with Gasteiger partial charge in [0.05, 0.1) is 62.5 Å². The third-order valence-corrected chi connectivity index (χ3v) is 31.9. The minimum Gasteiger partial charge on any atom is -0.475 e. The number of ether oxygens (including phenoxy) is 4. The number of ketones is 1. The van der Waals surface area contributed by atoms with Crippen LogP contribution in [0, 0.1) is 0 Å². The molecule has 12 heterocycles. The topological polar surface area (TPSA) is 383 Å². The number of hydrogen-bond acceptors (Lipinski definition) is 23. The van der Waals surface area contributed by atoms with Gasteiger partial charge in [0.25, 0.3) is 30.1 Å². The van der Waals surface area contributed by atoms with Crippen LogP contribution in [0.4, 0.5) is 16.2 Å². The number of anilines is 2. The fourth-order valence-corrected chi connectivity index (χ4v) is 24.1. The molecular weight excluding hydrogens is 1720 g/mol. The molecule has 2 amide bonds. The van der Waals surface area contributed by atoms with Gasteiger partial charge in [-0.25, -0.2) is 67.1 Å². The SMILES string of the molecule is C1CCNC1.NS(=O)(=O)c1cnn2c1OCC(N1CCCC1)C2.Nc1c2c(cc3c1CCC3)CCC2.O=C(Nc1c2c(cc3c1CCC3)CCC2)NS(=O)(=O)c1cnn2c1OCC(N1CCCC1)C2.O=C1COc2c(S(=O)(=O)N(Cc3ccccc3)Cc3ccccc3)cnn2C1.O=S(=O)(c1cnn2c1OCC(N1CCCC1)C2)N(Cc1ccccc1)Cc1ccccc1. The molecule has 3 atom stereocenters. The molecule has 22 rings (SSSR count). The number of amides is 2. The summed E-state index contributed by atoms with van der Waals surface area (Å²) < 4.78 is 137. The molecule has 686 valence electrons. The molecule has 4 aromatic heterocycles. The number of carbonyl (C=O) groups excluding carboxylic acids is 2. The van der Waals surface area contributed by atoms with E-state index in [2.05, 4.69) is 62.6 Å². The van der Waals surface area contributed by atoms with Crippen LogP contribution >= 0.6 is 0 Å². The number of aryl methyl sites for hydroxylation is 4. The first-order valence-electron chi connectivity index (χ1n) is 45.4. The van der Waals surface area contributed by atoms with Crippen molar-refractivity contribution in [2.24, 2.45) is 5.14 Å². The van der Waals surface area contributed by atoms with E-state index in [1.165, 1.54) is 174 Å². The molecule has 3 unspecified atom stereocenters. The summed E-state index contributed by atoms with van der Waals surface area (Å²) in [6, 6.07) is 42.8. The maximum Gasteiger partial charge on any atom is 0.333 e. The Morgan fingerprint density at radius 2 is 0.752 bits per heavy atom. The van der Waals surface area contributed by atoms with Crippen molar-refractivity contribution in [3.63, 3.8) is 0 Å². The Morgan fingerprint density at radius 3 is 1.12 bits per heavy atom. The number of urea groups is 1. The Balaban J connectivity index is 0.000000115. The Bertz CT molecular complexity index is 5920. The second-order valence-electron chi connectivity index (χ2n) is 35.0. The van der Waals surface area contributed by atoms with Gasteiger partial charge in [0, 0.05) is 37.6 Å². The summed E-state index contributed by atoms with van der Waals surface area (Å²) in [5.41, 5.74) is 22.6. The van der Waals surface area contributed by atoms with Crippen molar-refractivity contribution in [1.29, 1.82) is 0 Å². The number of nitrogens with two attached hydrogens (primary N) is 2. The highest BCUT2D eigenvalue weighted by Crippen LogP contribution is 2.42. The number of carbonyl (C=O) groups is 2. The minimum absolute atomic E-state index is 0.0161. The fraction of sp³-hybridized carbons (Fsp3) is 0.462. The predicted molar refractivity (Wildman–Crippen MR) is 487 cm³/mol. The monoisotopic (exact) mass is 1840 g/mol. The predicted octanol–water partition coefficient (Wildman–Crippen LogP) is 9.60. The molecule has 0 bridgehead atoms. The van der Waals surface area contributed by atoms with E-state index < -0.39 is 46.1 Å². The second kappa shape index (κ2) is 40.5. The zero-order chi connectivity index (χ0) is 89.2. The van der Waals surface area contributed by atoms with Crippen LogP contribution in [0.1, 0.15) is 144 Å². The molecule has 4 saturated heterocycles. The van der Waals surface area contributed by atoms with Crippen molar-refractivity contribution in [1.82, 2.24) is 72.5 Å². The van der Waals surface area contributed by atoms with Crippen molar-refractivity contribution >= 4 is 63.3 Å². The first-order chi connectivity index (χ1) is 62.6. The molecule has 129 heavy (non-hydrogen) atoms. The molecule has 4 fully saturated rings. The van der Waals surface area contributed by atoms with E-state index >= 15 is 0 Å². The number of nitrogens with one attached hydrogen (secondary N) is 3. The number of Topliss-reactive ketones (excluding diaryl/α,β-unsaturated/α-hetero) is 1. The van der Waals surface area contributed by atoms with Crippen LogP contribution in [0.3, 0.4) is 0 Å². The number of nitrogens with zero attached hydrogens (tertiary/aromatic N) is 13. The lowest BCUT2D eigenvalue weighted by atomic mass is 9.99. The summed E-state index contributed by atoms with van der Waals surface area (Å²) in [6.45, 7) is 13.0. The highest BCUT2D eigenvalue weighted by molar-refractivity contribution is 7.90. The molecular formula is C93H116N18O14S4. The molecule has 4 aliphatic carbocycles. The molecule has 0 radical (unpaired) electrons. The highest BCUT2D eigenvalue weighted by atomic mass is 32.2. The number of rotatable bonds is 19. The summed E-state index contributed by atoms with van der Waals surface area (Å²) in [7, 11) is -15.6. The normalized spacial score (nSPS) is 19.7. The van der Waals surface area contributed by atoms with E-state index in [4.69, 9.17) is 29.8 Å². The third-order valence-electron chi connectivity index (χ3n) is 26.1. The van der Waals surface area contributed by atoms with Crippen LogP contribution in [0.5, 0.6) is 23.5 Å².